The third kappa shape index (κ3) is 6.25. The third-order valence-corrected chi connectivity index (χ3v) is 4.41. The lowest BCUT2D eigenvalue weighted by molar-refractivity contribution is -0.137. The number of carbonyl (C=O) groups is 1. The summed E-state index contributed by atoms with van der Waals surface area (Å²) in [6, 6.07) is 8.61. The van der Waals surface area contributed by atoms with Gasteiger partial charge >= 0.3 is 6.18 Å². The van der Waals surface area contributed by atoms with E-state index < -0.39 is 29.0 Å². The van der Waals surface area contributed by atoms with Crippen molar-refractivity contribution < 1.29 is 22.4 Å². The Morgan fingerprint density at radius 3 is 2.44 bits per heavy atom. The molecule has 0 spiro atoms. The minimum atomic E-state index is -4.68. The number of aliphatic imine (C=N–C) groups is 1. The highest BCUT2D eigenvalue weighted by molar-refractivity contribution is 8.13. The molecule has 0 atom stereocenters. The van der Waals surface area contributed by atoms with E-state index in [1.807, 2.05) is 6.92 Å². The van der Waals surface area contributed by atoms with Gasteiger partial charge in [-0.05, 0) is 41.6 Å². The molecule has 2 aromatic rings. The van der Waals surface area contributed by atoms with Crippen LogP contribution in [-0.4, -0.2) is 16.8 Å². The summed E-state index contributed by atoms with van der Waals surface area (Å²) < 4.78 is 52.2. The summed E-state index contributed by atoms with van der Waals surface area (Å²) in [4.78, 5) is 16.0. The number of amidine groups is 1. The van der Waals surface area contributed by atoms with E-state index in [-0.39, 0.29) is 5.17 Å². The number of nitrogens with one attached hydrogen (secondary N) is 1. The van der Waals surface area contributed by atoms with Crippen LogP contribution in [0, 0.1) is 5.82 Å². The van der Waals surface area contributed by atoms with E-state index in [1.165, 1.54) is 11.8 Å². The van der Waals surface area contributed by atoms with Crippen LogP contribution in [0.4, 0.5) is 17.6 Å². The van der Waals surface area contributed by atoms with Crippen LogP contribution in [-0.2, 0) is 12.7 Å². The van der Waals surface area contributed by atoms with Crippen LogP contribution in [0.5, 0.6) is 0 Å². The minimum absolute atomic E-state index is 0.189. The molecular formula is C18H15ClF4N2OS. The molecule has 9 heteroatoms. The number of alkyl halides is 3. The Labute approximate surface area is 162 Å². The summed E-state index contributed by atoms with van der Waals surface area (Å²) in [7, 11) is 0. The maximum absolute atomic E-state index is 13.8. The first-order chi connectivity index (χ1) is 12.7. The summed E-state index contributed by atoms with van der Waals surface area (Å²) in [6.07, 6.45) is -4.68. The van der Waals surface area contributed by atoms with E-state index >= 15 is 0 Å². The van der Waals surface area contributed by atoms with Crippen molar-refractivity contribution in [1.29, 1.82) is 0 Å². The van der Waals surface area contributed by atoms with Crippen molar-refractivity contribution in [3.63, 3.8) is 0 Å². The largest absolute Gasteiger partial charge is 0.416 e. The van der Waals surface area contributed by atoms with E-state index in [1.54, 1.807) is 24.3 Å². The maximum Gasteiger partial charge on any atom is 0.416 e. The molecule has 27 heavy (non-hydrogen) atoms. The molecule has 2 aromatic carbocycles. The van der Waals surface area contributed by atoms with Crippen LogP contribution in [0.1, 0.15) is 28.4 Å². The average molecular weight is 419 g/mol. The van der Waals surface area contributed by atoms with Crippen molar-refractivity contribution in [3.05, 3.63) is 70.0 Å². The lowest BCUT2D eigenvalue weighted by Crippen LogP contribution is -2.22. The topological polar surface area (TPSA) is 41.5 Å². The van der Waals surface area contributed by atoms with Crippen LogP contribution < -0.4 is 5.32 Å². The molecule has 0 aliphatic carbocycles. The van der Waals surface area contributed by atoms with E-state index in [0.29, 0.717) is 35.5 Å². The third-order valence-electron chi connectivity index (χ3n) is 3.37. The Kier molecular flexibility index (Phi) is 7.26. The van der Waals surface area contributed by atoms with Gasteiger partial charge in [-0.2, -0.15) is 18.2 Å². The van der Waals surface area contributed by atoms with Crippen molar-refractivity contribution in [2.75, 3.05) is 5.75 Å². The van der Waals surface area contributed by atoms with Crippen LogP contribution in [0.25, 0.3) is 0 Å². The first kappa shape index (κ1) is 21.2. The zero-order valence-corrected chi connectivity index (χ0v) is 15.7. The molecule has 144 valence electrons. The number of hydrogen-bond donors (Lipinski definition) is 1. The van der Waals surface area contributed by atoms with Crippen molar-refractivity contribution in [3.8, 4) is 0 Å². The van der Waals surface area contributed by atoms with Crippen LogP contribution in [0.2, 0.25) is 5.02 Å². The lowest BCUT2D eigenvalue weighted by Gasteiger charge is -2.10. The molecule has 0 fully saturated rings. The SMILES string of the molecule is CCSC(=NC(=O)c1cc(C(F)(F)F)ccc1F)NCc1ccc(Cl)cc1. The summed E-state index contributed by atoms with van der Waals surface area (Å²) in [5, 5.41) is 3.69. The average Bonchev–Trinajstić information content (AvgIpc) is 2.60. The molecule has 0 saturated heterocycles. The molecule has 1 N–H and O–H groups in total. The molecule has 0 bridgehead atoms. The molecule has 0 unspecified atom stereocenters. The van der Waals surface area contributed by atoms with Crippen molar-refractivity contribution in [2.24, 2.45) is 4.99 Å². The molecule has 2 rings (SSSR count). The molecule has 0 saturated carbocycles. The molecule has 0 aliphatic rings. The number of rotatable bonds is 4. The van der Waals surface area contributed by atoms with Crippen LogP contribution in [0.3, 0.4) is 0 Å². The monoisotopic (exact) mass is 418 g/mol. The first-order valence-electron chi connectivity index (χ1n) is 7.81. The number of amides is 1. The molecule has 0 aromatic heterocycles. The number of nitrogens with zero attached hydrogens (tertiary/aromatic N) is 1. The number of carbonyl (C=O) groups excluding carboxylic acids is 1. The molecular weight excluding hydrogens is 404 g/mol. The lowest BCUT2D eigenvalue weighted by atomic mass is 10.1. The highest BCUT2D eigenvalue weighted by Gasteiger charge is 2.32. The highest BCUT2D eigenvalue weighted by Crippen LogP contribution is 2.30. The van der Waals surface area contributed by atoms with E-state index in [0.717, 1.165) is 5.56 Å². The minimum Gasteiger partial charge on any atom is -0.360 e. The normalized spacial score (nSPS) is 12.1. The van der Waals surface area contributed by atoms with Gasteiger partial charge in [0.2, 0.25) is 0 Å². The van der Waals surface area contributed by atoms with Gasteiger partial charge in [-0.25, -0.2) is 4.39 Å². The van der Waals surface area contributed by atoms with E-state index in [2.05, 4.69) is 10.3 Å². The van der Waals surface area contributed by atoms with Gasteiger partial charge in [-0.15, -0.1) is 0 Å². The van der Waals surface area contributed by atoms with Crippen molar-refractivity contribution in [1.82, 2.24) is 5.32 Å². The molecule has 0 aliphatic heterocycles. The summed E-state index contributed by atoms with van der Waals surface area (Å²) >= 11 is 7.00. The molecule has 0 radical (unpaired) electrons. The fourth-order valence-corrected chi connectivity index (χ4v) is 2.78. The maximum atomic E-state index is 13.8. The van der Waals surface area contributed by atoms with Gasteiger partial charge in [0.25, 0.3) is 5.91 Å². The predicted molar refractivity (Wildman–Crippen MR) is 99.6 cm³/mol. The summed E-state index contributed by atoms with van der Waals surface area (Å²) in [5.74, 6) is -1.58. The quantitative estimate of drug-likeness (QED) is 0.403. The molecule has 3 nitrogen and oxygen atoms in total. The van der Waals surface area contributed by atoms with Gasteiger partial charge in [0, 0.05) is 11.6 Å². The Morgan fingerprint density at radius 1 is 1.19 bits per heavy atom. The Hall–Kier alpha value is -2.06. The number of hydrogen-bond acceptors (Lipinski definition) is 2. The smallest absolute Gasteiger partial charge is 0.360 e. The van der Waals surface area contributed by atoms with Crippen molar-refractivity contribution in [2.45, 2.75) is 19.6 Å². The van der Waals surface area contributed by atoms with Gasteiger partial charge in [-0.3, -0.25) is 4.79 Å². The second kappa shape index (κ2) is 9.23. The predicted octanol–water partition coefficient (Wildman–Crippen LogP) is 5.54. The van der Waals surface area contributed by atoms with E-state index in [4.69, 9.17) is 11.6 Å². The Morgan fingerprint density at radius 2 is 1.85 bits per heavy atom. The zero-order valence-electron chi connectivity index (χ0n) is 14.1. The van der Waals surface area contributed by atoms with E-state index in [9.17, 15) is 22.4 Å². The number of thioether (sulfide) groups is 1. The second-order valence-electron chi connectivity index (χ2n) is 5.33. The first-order valence-corrected chi connectivity index (χ1v) is 9.18. The van der Waals surface area contributed by atoms with Crippen molar-refractivity contribution >= 4 is 34.4 Å². The molecule has 0 heterocycles. The van der Waals surface area contributed by atoms with Gasteiger partial charge in [0.15, 0.2) is 5.17 Å². The summed E-state index contributed by atoms with van der Waals surface area (Å²) in [6.45, 7) is 2.14. The van der Waals surface area contributed by atoms with Gasteiger partial charge in [0.1, 0.15) is 5.82 Å². The fourth-order valence-electron chi connectivity index (χ4n) is 2.06. The fraction of sp³-hybridized carbons (Fsp3) is 0.222. The second-order valence-corrected chi connectivity index (χ2v) is 7.02. The molecule has 1 amide bonds. The summed E-state index contributed by atoms with van der Waals surface area (Å²) in [5.41, 5.74) is -0.977. The van der Waals surface area contributed by atoms with Crippen LogP contribution >= 0.6 is 23.4 Å². The van der Waals surface area contributed by atoms with Gasteiger partial charge in [0.05, 0.1) is 11.1 Å². The van der Waals surface area contributed by atoms with Gasteiger partial charge < -0.3 is 5.32 Å². The Balaban J connectivity index is 2.21. The van der Waals surface area contributed by atoms with Gasteiger partial charge in [-0.1, -0.05) is 42.4 Å². The number of halogens is 5. The number of benzene rings is 2. The van der Waals surface area contributed by atoms with Crippen LogP contribution in [0.15, 0.2) is 47.5 Å². The highest BCUT2D eigenvalue weighted by atomic mass is 35.5. The standard InChI is InChI=1S/C18H15ClF4N2OS/c1-2-27-17(24-10-11-3-6-13(19)7-4-11)25-16(26)14-9-12(18(21,22)23)5-8-15(14)20/h3-9H,2,10H2,1H3,(H,24,25,26). The zero-order chi connectivity index (χ0) is 20.0. The Bertz CT molecular complexity index is 838.